The number of likely N-dealkylation sites (tertiary alicyclic amines) is 1. The van der Waals surface area contributed by atoms with Crippen LogP contribution in [0.5, 0.6) is 0 Å². The van der Waals surface area contributed by atoms with E-state index in [1.165, 1.54) is 85.8 Å². The average Bonchev–Trinajstić information content (AvgIpc) is 4.11. The Morgan fingerprint density at radius 3 is 1.97 bits per heavy atom. The van der Waals surface area contributed by atoms with Gasteiger partial charge in [-0.15, -0.1) is 0 Å². The van der Waals surface area contributed by atoms with Crippen molar-refractivity contribution in [3.63, 3.8) is 0 Å². The van der Waals surface area contributed by atoms with E-state index in [2.05, 4.69) is 62.4 Å². The zero-order chi connectivity index (χ0) is 54.5. The van der Waals surface area contributed by atoms with Crippen LogP contribution in [-0.4, -0.2) is 209 Å². The Hall–Kier alpha value is -5.37. The van der Waals surface area contributed by atoms with E-state index in [9.17, 15) is 39.0 Å². The lowest BCUT2D eigenvalue weighted by molar-refractivity contribution is -0.402. The molecule has 0 radical (unpaired) electrons. The highest BCUT2D eigenvalue weighted by Gasteiger charge is 2.40. The van der Waals surface area contributed by atoms with Crippen molar-refractivity contribution in [2.45, 2.75) is 89.6 Å². The lowest BCUT2D eigenvalue weighted by atomic mass is 9.72. The molecule has 0 amide bonds. The third kappa shape index (κ3) is 14.3. The first-order valence-corrected chi connectivity index (χ1v) is 30.7. The van der Waals surface area contributed by atoms with Crippen molar-refractivity contribution in [1.82, 2.24) is 34.8 Å². The topological polar surface area (TPSA) is 270 Å². The van der Waals surface area contributed by atoms with Crippen LogP contribution < -0.4 is 19.6 Å². The number of piperidine rings is 3. The number of nitrogens with zero attached hydrogens (tertiary/aromatic N) is 12. The number of nitro groups is 1. The fourth-order valence-electron chi connectivity index (χ4n) is 11.6. The van der Waals surface area contributed by atoms with E-state index < -0.39 is 14.8 Å². The standard InChI is InChI=1S/C24H40N8O4.C19H26N2S.C10H13N3O5S/c33-15-11-31(12-16-34)23-26-20-19(21(27-23)29-7-3-1-4-8-29)25-24(32(13-17-35)14-18-36)28-22(20)30-9-5-2-6-10-30;1-3-7-21-11-13(12-22-2)8-16-15-5-4-6-17-19(15)14(10-20-17)9-18(16)21;1-8-7-19(16,17)5-4-12(8)11-6-9-2-3-10(18-9)13(14)15/h33-36H,1-18H2;4-6,10,13,16,18,20H,3,7-9,11-12H2,1-2H3;2-3,6,8H,4-5,7H2,1H3/t;13-,16-,18-;/m.1./s1. The van der Waals surface area contributed by atoms with Gasteiger partial charge in [0, 0.05) is 88.0 Å². The van der Waals surface area contributed by atoms with Gasteiger partial charge in [0.2, 0.25) is 11.9 Å². The Kier molecular flexibility index (Phi) is 20.6. The number of aliphatic hydroxyl groups is 4. The van der Waals surface area contributed by atoms with Gasteiger partial charge in [0.05, 0.1) is 62.8 Å². The predicted octanol–water partition coefficient (Wildman–Crippen LogP) is 4.89. The lowest BCUT2D eigenvalue weighted by Crippen LogP contribution is -2.50. The van der Waals surface area contributed by atoms with Gasteiger partial charge in [-0.1, -0.05) is 19.1 Å². The number of H-pyrrole nitrogens is 1. The number of benzene rings is 1. The summed E-state index contributed by atoms with van der Waals surface area (Å²) in [5.41, 5.74) is 5.79. The van der Waals surface area contributed by atoms with E-state index in [1.54, 1.807) is 27.3 Å². The number of aliphatic hydroxyl groups excluding tert-OH is 4. The number of anilines is 4. The summed E-state index contributed by atoms with van der Waals surface area (Å²) in [5, 5.41) is 56.3. The maximum Gasteiger partial charge on any atom is 0.433 e. The van der Waals surface area contributed by atoms with Gasteiger partial charge in [0.1, 0.15) is 16.0 Å². The molecule has 4 aromatic heterocycles. The Morgan fingerprint density at radius 1 is 0.857 bits per heavy atom. The van der Waals surface area contributed by atoms with Gasteiger partial charge in [-0.25, -0.2) is 18.4 Å². The SMILES string of the molecule is CC1CS(=O)(=O)CCN1N=Cc1ccc([N+](=O)[O-])o1.CCCN1C[C@H](CSC)C[C@@H]2c3cccc4[nH]cc(c34)C[C@H]21.OCCN(CCO)c1nc(N2CCCCC2)c2nc(N(CCO)CCO)nc(N3CCCCC3)c2n1. The lowest BCUT2D eigenvalue weighted by Gasteiger charge is -2.47. The molecule has 0 saturated carbocycles. The number of hydrazone groups is 1. The normalized spacial score (nSPS) is 21.4. The van der Waals surface area contributed by atoms with Gasteiger partial charge in [-0.05, 0) is 112 Å². The molecule has 1 aromatic carbocycles. The van der Waals surface area contributed by atoms with Gasteiger partial charge in [0.15, 0.2) is 27.2 Å². The minimum atomic E-state index is -2.98. The van der Waals surface area contributed by atoms with Crippen LogP contribution in [0.1, 0.15) is 88.0 Å². The van der Waals surface area contributed by atoms with Crippen LogP contribution in [0.2, 0.25) is 0 Å². The highest BCUT2D eigenvalue weighted by Crippen LogP contribution is 2.45. The number of hydrogen-bond acceptors (Lipinski definition) is 21. The molecule has 22 nitrogen and oxygen atoms in total. The summed E-state index contributed by atoms with van der Waals surface area (Å²) < 4.78 is 27.7. The first kappa shape index (κ1) is 57.8. The second kappa shape index (κ2) is 27.5. The number of thioether (sulfide) groups is 1. The number of nitrogens with one attached hydrogen (secondary N) is 1. The Bertz CT molecular complexity index is 2750. The maximum atomic E-state index is 11.4. The van der Waals surface area contributed by atoms with Crippen molar-refractivity contribution < 1.29 is 38.2 Å². The molecule has 4 saturated heterocycles. The van der Waals surface area contributed by atoms with Crippen molar-refractivity contribution >= 4 is 79.2 Å². The predicted molar refractivity (Wildman–Crippen MR) is 305 cm³/mol. The summed E-state index contributed by atoms with van der Waals surface area (Å²) in [6, 6.07) is 10.0. The minimum Gasteiger partial charge on any atom is -0.400 e. The summed E-state index contributed by atoms with van der Waals surface area (Å²) >= 11 is 2.01. The molecule has 5 N–H and O–H groups in total. The van der Waals surface area contributed by atoms with E-state index >= 15 is 0 Å². The zero-order valence-electron chi connectivity index (χ0n) is 45.0. The molecule has 1 unspecified atom stereocenters. The molecule has 77 heavy (non-hydrogen) atoms. The van der Waals surface area contributed by atoms with Crippen molar-refractivity contribution in [2.24, 2.45) is 11.0 Å². The number of fused-ring (bicyclic) bond motifs is 3. The maximum absolute atomic E-state index is 11.4. The van der Waals surface area contributed by atoms with E-state index in [4.69, 9.17) is 24.4 Å². The Balaban J connectivity index is 0.000000163. The highest BCUT2D eigenvalue weighted by atomic mass is 32.2. The summed E-state index contributed by atoms with van der Waals surface area (Å²) in [5.74, 6) is 5.25. The summed E-state index contributed by atoms with van der Waals surface area (Å²) in [4.78, 5) is 43.9. The van der Waals surface area contributed by atoms with E-state index in [0.29, 0.717) is 61.7 Å². The van der Waals surface area contributed by atoms with Crippen LogP contribution in [0, 0.1) is 16.0 Å². The molecule has 4 atom stereocenters. The quantitative estimate of drug-likeness (QED) is 0.0418. The Labute approximate surface area is 456 Å². The molecule has 5 aliphatic rings. The second-order valence-corrected chi connectivity index (χ2v) is 23.8. The summed E-state index contributed by atoms with van der Waals surface area (Å²) in [6.45, 7) is 11.3. The minimum absolute atomic E-state index is 0.0582. The van der Waals surface area contributed by atoms with Gasteiger partial charge in [-0.2, -0.15) is 26.8 Å². The molecule has 1 aliphatic carbocycles. The molecule has 24 heteroatoms. The van der Waals surface area contributed by atoms with Crippen LogP contribution in [0.4, 0.5) is 29.4 Å². The third-order valence-electron chi connectivity index (χ3n) is 15.2. The smallest absolute Gasteiger partial charge is 0.400 e. The summed E-state index contributed by atoms with van der Waals surface area (Å²) in [6.07, 6.45) is 16.3. The number of rotatable bonds is 19. The van der Waals surface area contributed by atoms with Crippen molar-refractivity contribution in [1.29, 1.82) is 0 Å². The molecule has 422 valence electrons. The van der Waals surface area contributed by atoms with Crippen LogP contribution in [0.25, 0.3) is 21.9 Å². The van der Waals surface area contributed by atoms with Gasteiger partial charge in [0.25, 0.3) is 0 Å². The number of sulfone groups is 1. The van der Waals surface area contributed by atoms with Crippen LogP contribution in [-0.2, 0) is 16.3 Å². The summed E-state index contributed by atoms with van der Waals surface area (Å²) in [7, 11) is -2.98. The van der Waals surface area contributed by atoms with E-state index in [1.807, 2.05) is 11.8 Å². The fourth-order valence-corrected chi connectivity index (χ4v) is 13.9. The van der Waals surface area contributed by atoms with Crippen molar-refractivity contribution in [2.75, 3.05) is 142 Å². The van der Waals surface area contributed by atoms with Crippen molar-refractivity contribution in [3.8, 4) is 0 Å². The third-order valence-corrected chi connectivity index (χ3v) is 17.8. The number of furan rings is 1. The fraction of sp³-hybridized carbons (Fsp3) is 0.642. The molecule has 0 spiro atoms. The Morgan fingerprint density at radius 2 is 1.45 bits per heavy atom. The monoisotopic (exact) mass is 1110 g/mol. The highest BCUT2D eigenvalue weighted by molar-refractivity contribution is 7.98. The molecule has 8 heterocycles. The number of hydrogen-bond donors (Lipinski definition) is 5. The van der Waals surface area contributed by atoms with E-state index in [0.717, 1.165) is 75.3 Å². The van der Waals surface area contributed by atoms with Crippen molar-refractivity contribution in [3.05, 3.63) is 63.5 Å². The van der Waals surface area contributed by atoms with Gasteiger partial charge in [-0.3, -0.25) is 20.0 Å². The molecular formula is C53H79N13O9S2. The van der Waals surface area contributed by atoms with Gasteiger partial charge < -0.3 is 49.4 Å². The van der Waals surface area contributed by atoms with Crippen LogP contribution >= 0.6 is 11.8 Å². The molecule has 10 rings (SSSR count). The first-order valence-electron chi connectivity index (χ1n) is 27.5. The second-order valence-electron chi connectivity index (χ2n) is 20.7. The van der Waals surface area contributed by atoms with E-state index in [-0.39, 0.29) is 55.6 Å². The number of aromatic amines is 1. The first-order chi connectivity index (χ1) is 37.4. The molecule has 4 fully saturated rings. The molecular weight excluding hydrogens is 1030 g/mol. The van der Waals surface area contributed by atoms with Crippen LogP contribution in [0.15, 0.2) is 46.0 Å². The molecule has 5 aromatic rings. The number of aromatic nitrogens is 5. The molecule has 0 bridgehead atoms. The zero-order valence-corrected chi connectivity index (χ0v) is 46.6. The van der Waals surface area contributed by atoms with Crippen LogP contribution in [0.3, 0.4) is 0 Å². The average molecular weight is 1110 g/mol. The molecule has 4 aliphatic heterocycles. The largest absolute Gasteiger partial charge is 0.433 e. The van der Waals surface area contributed by atoms with Gasteiger partial charge >= 0.3 is 5.88 Å².